The maximum absolute atomic E-state index is 13.3. The number of allylic oxidation sites excluding steroid dienone is 2. The average molecular weight is 497 g/mol. The van der Waals surface area contributed by atoms with Crippen LogP contribution < -0.4 is 10.6 Å². The van der Waals surface area contributed by atoms with E-state index in [1.807, 2.05) is 24.3 Å². The van der Waals surface area contributed by atoms with Crippen molar-refractivity contribution in [2.75, 3.05) is 11.9 Å². The largest absolute Gasteiger partial charge is 0.356 e. The van der Waals surface area contributed by atoms with Gasteiger partial charge in [-0.1, -0.05) is 40.2 Å². The molecule has 32 heavy (non-hydrogen) atoms. The molecule has 6 heteroatoms. The van der Waals surface area contributed by atoms with Crippen LogP contribution >= 0.6 is 15.9 Å². The van der Waals surface area contributed by atoms with Crippen molar-refractivity contribution in [2.24, 2.45) is 29.1 Å². The Balaban J connectivity index is 1.23. The van der Waals surface area contributed by atoms with E-state index < -0.39 is 0 Å². The van der Waals surface area contributed by atoms with Crippen molar-refractivity contribution in [3.63, 3.8) is 0 Å². The van der Waals surface area contributed by atoms with Crippen LogP contribution in [0, 0.1) is 34.9 Å². The molecule has 2 saturated carbocycles. The molecule has 166 valence electrons. The van der Waals surface area contributed by atoms with Crippen molar-refractivity contribution in [1.29, 1.82) is 0 Å². The lowest BCUT2D eigenvalue weighted by Gasteiger charge is -2.27. The molecular formula is C26H26BrFN2O2. The Morgan fingerprint density at radius 1 is 1.00 bits per heavy atom. The second-order valence-electron chi connectivity index (χ2n) is 9.29. The first kappa shape index (κ1) is 21.4. The van der Waals surface area contributed by atoms with Gasteiger partial charge >= 0.3 is 0 Å². The van der Waals surface area contributed by atoms with E-state index in [1.54, 1.807) is 12.1 Å². The second kappa shape index (κ2) is 8.47. The summed E-state index contributed by atoms with van der Waals surface area (Å²) in [4.78, 5) is 25.8. The van der Waals surface area contributed by atoms with E-state index in [4.69, 9.17) is 0 Å². The summed E-state index contributed by atoms with van der Waals surface area (Å²) in [6, 6.07) is 13.9. The Kier molecular flexibility index (Phi) is 5.66. The number of benzene rings is 2. The lowest BCUT2D eigenvalue weighted by molar-refractivity contribution is -0.124. The molecule has 2 amide bonds. The highest BCUT2D eigenvalue weighted by atomic mass is 79.9. The van der Waals surface area contributed by atoms with Crippen molar-refractivity contribution >= 4 is 33.4 Å². The van der Waals surface area contributed by atoms with Crippen LogP contribution in [0.2, 0.25) is 0 Å². The zero-order valence-electron chi connectivity index (χ0n) is 17.7. The maximum atomic E-state index is 13.3. The summed E-state index contributed by atoms with van der Waals surface area (Å²) in [6.45, 7) is 0.508. The molecule has 5 rings (SSSR count). The molecule has 3 aliphatic rings. The van der Waals surface area contributed by atoms with Crippen LogP contribution in [0.5, 0.6) is 0 Å². The molecule has 1 spiro atoms. The monoisotopic (exact) mass is 496 g/mol. The van der Waals surface area contributed by atoms with Crippen LogP contribution in [0.15, 0.2) is 65.2 Å². The van der Waals surface area contributed by atoms with E-state index in [9.17, 15) is 14.0 Å². The first-order valence-electron chi connectivity index (χ1n) is 11.2. The molecule has 3 aliphatic carbocycles. The first-order valence-corrected chi connectivity index (χ1v) is 12.0. The third-order valence-electron chi connectivity index (χ3n) is 7.49. The van der Waals surface area contributed by atoms with E-state index in [2.05, 4.69) is 38.7 Å². The van der Waals surface area contributed by atoms with E-state index in [0.29, 0.717) is 25.3 Å². The predicted octanol–water partition coefficient (Wildman–Crippen LogP) is 5.10. The van der Waals surface area contributed by atoms with Crippen LogP contribution in [-0.2, 0) is 16.0 Å². The minimum Gasteiger partial charge on any atom is -0.356 e. The number of hydrogen-bond acceptors (Lipinski definition) is 2. The summed E-state index contributed by atoms with van der Waals surface area (Å²) in [5, 5.41) is 6.17. The van der Waals surface area contributed by atoms with Crippen LogP contribution in [0.25, 0.3) is 0 Å². The molecule has 2 bridgehead atoms. The Labute approximate surface area is 195 Å². The number of rotatable bonds is 7. The molecule has 0 aliphatic heterocycles. The summed E-state index contributed by atoms with van der Waals surface area (Å²) in [7, 11) is 0. The average Bonchev–Trinajstić information content (AvgIpc) is 3.46. The molecule has 2 aromatic rings. The molecule has 2 aromatic carbocycles. The van der Waals surface area contributed by atoms with Gasteiger partial charge in [-0.3, -0.25) is 9.59 Å². The van der Waals surface area contributed by atoms with Gasteiger partial charge < -0.3 is 10.6 Å². The van der Waals surface area contributed by atoms with Crippen LogP contribution in [0.4, 0.5) is 10.1 Å². The standard InChI is InChI=1S/C26H26BrFN2O2/c27-17-4-8-19(9-5-17)30-25(32)24-20(21-10-11-22(24)26(21)13-14-26)15-29-23(31)12-3-16-1-6-18(28)7-2-16/h1-2,4-11,20-22,24H,3,12-15H2,(H,29,31)(H,30,32)/t20-,21-,22+,24+/m1/s1. The minimum atomic E-state index is -0.274. The minimum absolute atomic E-state index is 0.0296. The highest BCUT2D eigenvalue weighted by Crippen LogP contribution is 2.71. The fraction of sp³-hybridized carbons (Fsp3) is 0.385. The van der Waals surface area contributed by atoms with Gasteiger partial charge in [-0.15, -0.1) is 0 Å². The molecule has 4 atom stereocenters. The molecule has 0 heterocycles. The quantitative estimate of drug-likeness (QED) is 0.523. The van der Waals surface area contributed by atoms with Gasteiger partial charge in [0, 0.05) is 23.1 Å². The van der Waals surface area contributed by atoms with Gasteiger partial charge in [0.15, 0.2) is 0 Å². The fourth-order valence-corrected chi connectivity index (χ4v) is 6.06. The van der Waals surface area contributed by atoms with Gasteiger partial charge in [0.1, 0.15) is 5.82 Å². The molecule has 0 saturated heterocycles. The number of amides is 2. The number of carbonyl (C=O) groups is 2. The molecule has 0 aromatic heterocycles. The third kappa shape index (κ3) is 4.01. The van der Waals surface area contributed by atoms with Gasteiger partial charge in [0.25, 0.3) is 0 Å². The Hall–Kier alpha value is -2.47. The summed E-state index contributed by atoms with van der Waals surface area (Å²) in [6.07, 6.45) is 7.74. The van der Waals surface area contributed by atoms with Gasteiger partial charge in [-0.25, -0.2) is 4.39 Å². The summed E-state index contributed by atoms with van der Waals surface area (Å²) < 4.78 is 14.0. The molecule has 0 radical (unpaired) electrons. The number of carbonyl (C=O) groups excluding carboxylic acids is 2. The molecule has 0 unspecified atom stereocenters. The van der Waals surface area contributed by atoms with Crippen molar-refractivity contribution in [3.8, 4) is 0 Å². The number of nitrogens with one attached hydrogen (secondary N) is 2. The van der Waals surface area contributed by atoms with Crippen molar-refractivity contribution in [2.45, 2.75) is 25.7 Å². The lowest BCUT2D eigenvalue weighted by Crippen LogP contribution is -2.39. The van der Waals surface area contributed by atoms with Crippen LogP contribution in [-0.4, -0.2) is 18.4 Å². The Morgan fingerprint density at radius 3 is 2.38 bits per heavy atom. The van der Waals surface area contributed by atoms with Crippen molar-refractivity contribution in [1.82, 2.24) is 5.32 Å². The lowest BCUT2D eigenvalue weighted by atomic mass is 9.82. The SMILES string of the molecule is O=C(CCc1ccc(F)cc1)NC[C@H]1[C@H](C(=O)Nc2ccc(Br)cc2)[C@@H]2C=C[C@H]1C21CC1. The summed E-state index contributed by atoms with van der Waals surface area (Å²) in [5.41, 5.74) is 1.95. The van der Waals surface area contributed by atoms with Gasteiger partial charge in [0.05, 0.1) is 5.92 Å². The van der Waals surface area contributed by atoms with Gasteiger partial charge in [-0.2, -0.15) is 0 Å². The summed E-state index contributed by atoms with van der Waals surface area (Å²) in [5.74, 6) is 0.323. The van der Waals surface area contributed by atoms with E-state index in [1.165, 1.54) is 12.1 Å². The van der Waals surface area contributed by atoms with E-state index in [-0.39, 0.29) is 40.8 Å². The van der Waals surface area contributed by atoms with E-state index in [0.717, 1.165) is 28.6 Å². The molecule has 2 N–H and O–H groups in total. The predicted molar refractivity (Wildman–Crippen MR) is 125 cm³/mol. The highest BCUT2D eigenvalue weighted by molar-refractivity contribution is 9.10. The van der Waals surface area contributed by atoms with E-state index >= 15 is 0 Å². The second-order valence-corrected chi connectivity index (χ2v) is 10.2. The highest BCUT2D eigenvalue weighted by Gasteiger charge is 2.68. The van der Waals surface area contributed by atoms with Crippen LogP contribution in [0.3, 0.4) is 0 Å². The molecule has 4 nitrogen and oxygen atoms in total. The third-order valence-corrected chi connectivity index (χ3v) is 8.02. The van der Waals surface area contributed by atoms with Gasteiger partial charge in [0.2, 0.25) is 11.8 Å². The fourth-order valence-electron chi connectivity index (χ4n) is 5.79. The maximum Gasteiger partial charge on any atom is 0.228 e. The number of halogens is 2. The smallest absolute Gasteiger partial charge is 0.228 e. The normalized spacial score (nSPS) is 26.3. The van der Waals surface area contributed by atoms with Crippen molar-refractivity contribution in [3.05, 3.63) is 76.5 Å². The molecule has 2 fully saturated rings. The Morgan fingerprint density at radius 2 is 1.69 bits per heavy atom. The summed E-state index contributed by atoms with van der Waals surface area (Å²) >= 11 is 3.42. The van der Waals surface area contributed by atoms with Crippen LogP contribution in [0.1, 0.15) is 24.8 Å². The number of hydrogen-bond donors (Lipinski definition) is 2. The Bertz CT molecular complexity index is 1050. The van der Waals surface area contributed by atoms with Gasteiger partial charge in [-0.05, 0) is 84.4 Å². The first-order chi connectivity index (χ1) is 15.5. The topological polar surface area (TPSA) is 58.2 Å². The molecular weight excluding hydrogens is 471 g/mol. The number of anilines is 1. The zero-order chi connectivity index (χ0) is 22.3. The van der Waals surface area contributed by atoms with Crippen molar-refractivity contribution < 1.29 is 14.0 Å². The zero-order valence-corrected chi connectivity index (χ0v) is 19.3. The number of aryl methyl sites for hydroxylation is 1.